The number of carbonyl (C=O) groups is 1. The number of aromatic nitrogens is 3. The van der Waals surface area contributed by atoms with Gasteiger partial charge in [0, 0.05) is 18.8 Å². The fourth-order valence-corrected chi connectivity index (χ4v) is 3.94. The van der Waals surface area contributed by atoms with E-state index in [4.69, 9.17) is 4.74 Å². The number of nitrogens with zero attached hydrogens (tertiary/aromatic N) is 4. The van der Waals surface area contributed by atoms with Gasteiger partial charge < -0.3 is 19.7 Å². The highest BCUT2D eigenvalue weighted by Gasteiger charge is 2.31. The van der Waals surface area contributed by atoms with Gasteiger partial charge in [0.2, 0.25) is 11.9 Å². The van der Waals surface area contributed by atoms with Crippen molar-refractivity contribution in [2.45, 2.75) is 11.5 Å². The summed E-state index contributed by atoms with van der Waals surface area (Å²) in [4.78, 5) is 14.5. The van der Waals surface area contributed by atoms with E-state index < -0.39 is 6.36 Å². The molecule has 1 saturated heterocycles. The van der Waals surface area contributed by atoms with Gasteiger partial charge in [-0.3, -0.25) is 9.36 Å². The van der Waals surface area contributed by atoms with E-state index in [1.54, 1.807) is 0 Å². The third kappa shape index (κ3) is 6.17. The van der Waals surface area contributed by atoms with Crippen LogP contribution in [0.15, 0.2) is 59.8 Å². The third-order valence-electron chi connectivity index (χ3n) is 4.63. The first-order chi connectivity index (χ1) is 15.9. The quantitative estimate of drug-likeness (QED) is 0.517. The Morgan fingerprint density at radius 3 is 2.42 bits per heavy atom. The lowest BCUT2D eigenvalue weighted by Crippen LogP contribution is -2.37. The molecule has 0 bridgehead atoms. The largest absolute Gasteiger partial charge is 0.573 e. The van der Waals surface area contributed by atoms with E-state index in [0.29, 0.717) is 43.1 Å². The molecule has 0 aliphatic carbocycles. The zero-order chi connectivity index (χ0) is 23.3. The number of rotatable bonds is 7. The maximum atomic E-state index is 12.4. The SMILES string of the molecule is O=C(CSc1nnc(N2CCOCC2)n1-c1ccccc1)Nc1ccc(OC(F)(F)F)cc1. The number of anilines is 2. The van der Waals surface area contributed by atoms with Crippen LogP contribution in [0.1, 0.15) is 0 Å². The van der Waals surface area contributed by atoms with Crippen LogP contribution in [0.2, 0.25) is 0 Å². The highest BCUT2D eigenvalue weighted by molar-refractivity contribution is 7.99. The Labute approximate surface area is 191 Å². The molecule has 2 heterocycles. The van der Waals surface area contributed by atoms with Crippen molar-refractivity contribution in [2.75, 3.05) is 42.3 Å². The molecule has 3 aromatic rings. The number of hydrogen-bond acceptors (Lipinski definition) is 7. The Morgan fingerprint density at radius 1 is 1.06 bits per heavy atom. The van der Waals surface area contributed by atoms with Crippen molar-refractivity contribution in [1.29, 1.82) is 0 Å². The summed E-state index contributed by atoms with van der Waals surface area (Å²) in [5.74, 6) is 0.0173. The highest BCUT2D eigenvalue weighted by atomic mass is 32.2. The van der Waals surface area contributed by atoms with Crippen molar-refractivity contribution in [3.05, 3.63) is 54.6 Å². The van der Waals surface area contributed by atoms with Gasteiger partial charge in [0.1, 0.15) is 5.75 Å². The van der Waals surface area contributed by atoms with Crippen molar-refractivity contribution in [1.82, 2.24) is 14.8 Å². The number of alkyl halides is 3. The van der Waals surface area contributed by atoms with Crippen molar-refractivity contribution >= 4 is 29.3 Å². The van der Waals surface area contributed by atoms with E-state index in [1.165, 1.54) is 23.9 Å². The van der Waals surface area contributed by atoms with Crippen molar-refractivity contribution in [2.24, 2.45) is 0 Å². The second kappa shape index (κ2) is 10.1. The van der Waals surface area contributed by atoms with E-state index in [9.17, 15) is 18.0 Å². The minimum absolute atomic E-state index is 0.0366. The molecule has 0 unspecified atom stereocenters. The van der Waals surface area contributed by atoms with E-state index in [-0.39, 0.29) is 17.4 Å². The fraction of sp³-hybridized carbons (Fsp3) is 0.286. The van der Waals surface area contributed by atoms with E-state index in [0.717, 1.165) is 17.8 Å². The van der Waals surface area contributed by atoms with Gasteiger partial charge in [0.25, 0.3) is 0 Å². The molecule has 4 rings (SSSR count). The van der Waals surface area contributed by atoms with Crippen LogP contribution in [0, 0.1) is 0 Å². The Kier molecular flexibility index (Phi) is 7.04. The van der Waals surface area contributed by atoms with Crippen LogP contribution in [-0.4, -0.2) is 59.1 Å². The Bertz CT molecular complexity index is 1070. The molecule has 33 heavy (non-hydrogen) atoms. The van der Waals surface area contributed by atoms with Crippen LogP contribution in [0.25, 0.3) is 5.69 Å². The molecule has 1 aromatic heterocycles. The predicted octanol–water partition coefficient (Wildman–Crippen LogP) is 3.73. The van der Waals surface area contributed by atoms with Crippen molar-refractivity contribution in [3.63, 3.8) is 0 Å². The van der Waals surface area contributed by atoms with Gasteiger partial charge >= 0.3 is 6.36 Å². The molecular weight excluding hydrogens is 459 g/mol. The van der Waals surface area contributed by atoms with Gasteiger partial charge in [0.05, 0.1) is 24.7 Å². The fourth-order valence-electron chi connectivity index (χ4n) is 3.19. The molecule has 1 aliphatic rings. The van der Waals surface area contributed by atoms with Crippen LogP contribution in [0.5, 0.6) is 5.75 Å². The maximum absolute atomic E-state index is 12.4. The third-order valence-corrected chi connectivity index (χ3v) is 5.56. The van der Waals surface area contributed by atoms with Gasteiger partial charge in [-0.05, 0) is 36.4 Å². The standard InChI is InChI=1S/C21H20F3N5O3S/c22-21(23,24)32-17-8-6-15(7-9-17)25-18(30)14-33-20-27-26-19(28-10-12-31-13-11-28)29(20)16-4-2-1-3-5-16/h1-9H,10-14H2,(H,25,30). The summed E-state index contributed by atoms with van der Waals surface area (Å²) in [6.45, 7) is 2.56. The first-order valence-corrected chi connectivity index (χ1v) is 11.0. The minimum Gasteiger partial charge on any atom is -0.406 e. The highest BCUT2D eigenvalue weighted by Crippen LogP contribution is 2.28. The number of carbonyl (C=O) groups excluding carboxylic acids is 1. The topological polar surface area (TPSA) is 81.5 Å². The van der Waals surface area contributed by atoms with Gasteiger partial charge in [0.15, 0.2) is 5.16 Å². The number of hydrogen-bond donors (Lipinski definition) is 1. The molecule has 0 spiro atoms. The van der Waals surface area contributed by atoms with Crippen LogP contribution in [0.3, 0.4) is 0 Å². The molecule has 1 aliphatic heterocycles. The first kappa shape index (κ1) is 22.9. The molecule has 0 atom stereocenters. The zero-order valence-electron chi connectivity index (χ0n) is 17.3. The lowest BCUT2D eigenvalue weighted by atomic mass is 10.3. The van der Waals surface area contributed by atoms with Gasteiger partial charge in [-0.25, -0.2) is 0 Å². The van der Waals surface area contributed by atoms with Crippen LogP contribution < -0.4 is 15.0 Å². The number of nitrogens with one attached hydrogen (secondary N) is 1. The zero-order valence-corrected chi connectivity index (χ0v) is 18.1. The normalized spacial score (nSPS) is 14.2. The molecular formula is C21H20F3N5O3S. The Hall–Kier alpha value is -3.25. The number of morpholine rings is 1. The van der Waals surface area contributed by atoms with Gasteiger partial charge in [-0.2, -0.15) is 0 Å². The number of ether oxygens (including phenoxy) is 2. The van der Waals surface area contributed by atoms with Crippen molar-refractivity contribution < 1.29 is 27.4 Å². The maximum Gasteiger partial charge on any atom is 0.573 e. The van der Waals surface area contributed by atoms with Gasteiger partial charge in [-0.15, -0.1) is 23.4 Å². The van der Waals surface area contributed by atoms with E-state index >= 15 is 0 Å². The molecule has 1 N–H and O–H groups in total. The molecule has 174 valence electrons. The summed E-state index contributed by atoms with van der Waals surface area (Å²) >= 11 is 1.21. The van der Waals surface area contributed by atoms with Crippen LogP contribution >= 0.6 is 11.8 Å². The van der Waals surface area contributed by atoms with Crippen LogP contribution in [-0.2, 0) is 9.53 Å². The summed E-state index contributed by atoms with van der Waals surface area (Å²) in [6.07, 6.45) is -4.77. The van der Waals surface area contributed by atoms with Crippen LogP contribution in [0.4, 0.5) is 24.8 Å². The van der Waals surface area contributed by atoms with Crippen molar-refractivity contribution in [3.8, 4) is 11.4 Å². The smallest absolute Gasteiger partial charge is 0.406 e. The lowest BCUT2D eigenvalue weighted by Gasteiger charge is -2.27. The average Bonchev–Trinajstić information content (AvgIpc) is 3.23. The second-order valence-electron chi connectivity index (χ2n) is 6.96. The van der Waals surface area contributed by atoms with E-state index in [2.05, 4.69) is 25.2 Å². The molecule has 2 aromatic carbocycles. The van der Waals surface area contributed by atoms with Gasteiger partial charge in [-0.1, -0.05) is 30.0 Å². The molecule has 0 radical (unpaired) electrons. The lowest BCUT2D eigenvalue weighted by molar-refractivity contribution is -0.274. The summed E-state index contributed by atoms with van der Waals surface area (Å²) in [5, 5.41) is 11.8. The predicted molar refractivity (Wildman–Crippen MR) is 117 cm³/mol. The minimum atomic E-state index is -4.77. The monoisotopic (exact) mass is 479 g/mol. The molecule has 12 heteroatoms. The first-order valence-electron chi connectivity index (χ1n) is 10.0. The Morgan fingerprint density at radius 2 is 1.76 bits per heavy atom. The number of amides is 1. The summed E-state index contributed by atoms with van der Waals surface area (Å²) in [7, 11) is 0. The molecule has 1 fully saturated rings. The number of para-hydroxylation sites is 1. The summed E-state index contributed by atoms with van der Waals surface area (Å²) < 4.78 is 48.0. The number of benzene rings is 2. The summed E-state index contributed by atoms with van der Waals surface area (Å²) in [5.41, 5.74) is 1.22. The molecule has 0 saturated carbocycles. The number of halogens is 3. The number of thioether (sulfide) groups is 1. The molecule has 8 nitrogen and oxygen atoms in total. The molecule has 1 amide bonds. The summed E-state index contributed by atoms with van der Waals surface area (Å²) in [6, 6.07) is 14.5. The second-order valence-corrected chi connectivity index (χ2v) is 7.90. The Balaban J connectivity index is 1.43. The van der Waals surface area contributed by atoms with E-state index in [1.807, 2.05) is 34.9 Å². The average molecular weight is 479 g/mol.